The van der Waals surface area contributed by atoms with Gasteiger partial charge in [0.1, 0.15) is 5.54 Å². The fraction of sp³-hybridized carbons (Fsp3) is 0.303. The van der Waals surface area contributed by atoms with Gasteiger partial charge in [0.2, 0.25) is 5.56 Å². The molecule has 1 aliphatic heterocycles. The Morgan fingerprint density at radius 1 is 0.884 bits per heavy atom. The zero-order valence-electron chi connectivity index (χ0n) is 23.7. The predicted molar refractivity (Wildman–Crippen MR) is 172 cm³/mol. The largest absolute Gasteiger partial charge is 0.479 e. The number of unbranched alkanes of at least 4 members (excludes halogenated alkanes) is 1. The van der Waals surface area contributed by atoms with Crippen LogP contribution in [0, 0.1) is 0 Å². The van der Waals surface area contributed by atoms with Crippen molar-refractivity contribution in [3.05, 3.63) is 110 Å². The third-order valence-corrected chi connectivity index (χ3v) is 8.59. The fourth-order valence-corrected chi connectivity index (χ4v) is 5.97. The van der Waals surface area contributed by atoms with Crippen LogP contribution in [0.4, 0.5) is 5.69 Å². The van der Waals surface area contributed by atoms with E-state index in [1.54, 1.807) is 30.3 Å². The molecular formula is C33H34Cl2N4O4. The van der Waals surface area contributed by atoms with Crippen LogP contribution in [-0.2, 0) is 11.2 Å². The Hall–Kier alpha value is -3.85. The van der Waals surface area contributed by atoms with Gasteiger partial charge in [0.05, 0.1) is 0 Å². The first kappa shape index (κ1) is 30.6. The Bertz CT molecular complexity index is 1630. The molecule has 0 unspecified atom stereocenters. The lowest BCUT2D eigenvalue weighted by Crippen LogP contribution is -2.56. The number of aromatic amines is 1. The third kappa shape index (κ3) is 7.57. The number of para-hydroxylation sites is 1. The van der Waals surface area contributed by atoms with Crippen LogP contribution < -0.4 is 15.8 Å². The number of piperazine rings is 1. The SMILES string of the molecule is O=C(N[C@@](CCCCN1CCN(c2ccc(Cl)cc2)CC1)(Cc1cc(=O)[nH]c2ccccc12)C(=O)O)c1ccc(Cl)cc1. The maximum atomic E-state index is 13.3. The highest BCUT2D eigenvalue weighted by molar-refractivity contribution is 6.31. The molecular weight excluding hydrogens is 587 g/mol. The summed E-state index contributed by atoms with van der Waals surface area (Å²) in [5, 5.41) is 15.4. The normalized spacial score (nSPS) is 15.3. The number of benzene rings is 3. The number of rotatable bonds is 11. The maximum Gasteiger partial charge on any atom is 0.329 e. The molecule has 3 N–H and O–H groups in total. The molecule has 0 saturated carbocycles. The van der Waals surface area contributed by atoms with E-state index in [1.807, 2.05) is 42.5 Å². The molecule has 4 aromatic rings. The standard InChI is InChI=1S/C33H34Cl2N4O4/c34-25-9-7-23(8-10-25)31(41)37-33(32(42)43,22-24-21-30(40)36-29-6-2-1-5-28(24)29)15-3-4-16-38-17-19-39(20-18-38)27-13-11-26(35)12-14-27/h1-2,5-14,21H,3-4,15-20,22H2,(H,36,40)(H,37,41)(H,42,43)/t33-/m0/s1. The molecule has 1 fully saturated rings. The second kappa shape index (κ2) is 13.6. The molecule has 10 heteroatoms. The molecule has 43 heavy (non-hydrogen) atoms. The molecule has 0 spiro atoms. The van der Waals surface area contributed by atoms with Gasteiger partial charge in [-0.2, -0.15) is 0 Å². The molecule has 0 radical (unpaired) electrons. The van der Waals surface area contributed by atoms with Gasteiger partial charge in [0, 0.05) is 70.9 Å². The van der Waals surface area contributed by atoms with Crippen LogP contribution in [0.1, 0.15) is 35.2 Å². The monoisotopic (exact) mass is 620 g/mol. The van der Waals surface area contributed by atoms with Crippen molar-refractivity contribution < 1.29 is 14.7 Å². The summed E-state index contributed by atoms with van der Waals surface area (Å²) in [4.78, 5) is 46.3. The van der Waals surface area contributed by atoms with Gasteiger partial charge in [-0.15, -0.1) is 0 Å². The zero-order chi connectivity index (χ0) is 30.4. The van der Waals surface area contributed by atoms with Crippen molar-refractivity contribution in [1.29, 1.82) is 0 Å². The van der Waals surface area contributed by atoms with E-state index >= 15 is 0 Å². The number of carbonyl (C=O) groups is 2. The maximum absolute atomic E-state index is 13.3. The summed E-state index contributed by atoms with van der Waals surface area (Å²) in [6.07, 6.45) is 1.51. The number of carboxylic acid groups (broad SMARTS) is 1. The van der Waals surface area contributed by atoms with Crippen LogP contribution in [0.25, 0.3) is 10.9 Å². The number of halogens is 2. The Balaban J connectivity index is 1.29. The second-order valence-corrected chi connectivity index (χ2v) is 11.9. The molecule has 0 bridgehead atoms. The van der Waals surface area contributed by atoms with Crippen LogP contribution in [0.3, 0.4) is 0 Å². The van der Waals surface area contributed by atoms with Crippen LogP contribution in [0.2, 0.25) is 10.0 Å². The van der Waals surface area contributed by atoms with Crippen molar-refractivity contribution in [1.82, 2.24) is 15.2 Å². The van der Waals surface area contributed by atoms with Crippen molar-refractivity contribution in [2.75, 3.05) is 37.6 Å². The van der Waals surface area contributed by atoms with E-state index in [4.69, 9.17) is 23.2 Å². The van der Waals surface area contributed by atoms with Gasteiger partial charge in [0.15, 0.2) is 0 Å². The lowest BCUT2D eigenvalue weighted by Gasteiger charge is -2.36. The Kier molecular flexibility index (Phi) is 9.70. The molecule has 1 aliphatic rings. The minimum absolute atomic E-state index is 0.0359. The van der Waals surface area contributed by atoms with E-state index in [0.717, 1.165) is 55.2 Å². The number of anilines is 1. The van der Waals surface area contributed by atoms with Crippen molar-refractivity contribution in [3.8, 4) is 0 Å². The average molecular weight is 622 g/mol. The summed E-state index contributed by atoms with van der Waals surface area (Å²) in [5.41, 5.74) is 0.696. The predicted octanol–water partition coefficient (Wildman–Crippen LogP) is 5.62. The lowest BCUT2D eigenvalue weighted by molar-refractivity contribution is -0.144. The number of carbonyl (C=O) groups excluding carboxylic acids is 1. The van der Waals surface area contributed by atoms with E-state index in [2.05, 4.69) is 20.1 Å². The number of nitrogens with zero attached hydrogens (tertiary/aromatic N) is 2. The number of hydrogen-bond donors (Lipinski definition) is 3. The number of carboxylic acids is 1. The molecule has 1 saturated heterocycles. The highest BCUT2D eigenvalue weighted by atomic mass is 35.5. The van der Waals surface area contributed by atoms with E-state index < -0.39 is 17.4 Å². The molecule has 1 amide bonds. The number of H-pyrrole nitrogens is 1. The second-order valence-electron chi connectivity index (χ2n) is 11.0. The van der Waals surface area contributed by atoms with Crippen molar-refractivity contribution in [3.63, 3.8) is 0 Å². The van der Waals surface area contributed by atoms with E-state index in [1.165, 1.54) is 6.07 Å². The van der Waals surface area contributed by atoms with Gasteiger partial charge in [-0.3, -0.25) is 14.5 Å². The minimum atomic E-state index is -1.62. The van der Waals surface area contributed by atoms with Gasteiger partial charge in [-0.25, -0.2) is 4.79 Å². The highest BCUT2D eigenvalue weighted by Gasteiger charge is 2.40. The topological polar surface area (TPSA) is 106 Å². The summed E-state index contributed by atoms with van der Waals surface area (Å²) in [6.45, 7) is 4.42. The Labute approximate surface area is 260 Å². The highest BCUT2D eigenvalue weighted by Crippen LogP contribution is 2.26. The van der Waals surface area contributed by atoms with Gasteiger partial charge in [0.25, 0.3) is 5.91 Å². The quantitative estimate of drug-likeness (QED) is 0.188. The van der Waals surface area contributed by atoms with Gasteiger partial charge in [-0.05, 0) is 86.0 Å². The molecule has 1 aromatic heterocycles. The van der Waals surface area contributed by atoms with Crippen molar-refractivity contribution >= 4 is 51.7 Å². The number of aliphatic carboxylic acids is 1. The zero-order valence-corrected chi connectivity index (χ0v) is 25.2. The van der Waals surface area contributed by atoms with E-state index in [0.29, 0.717) is 28.1 Å². The first-order chi connectivity index (χ1) is 20.7. The van der Waals surface area contributed by atoms with Crippen LogP contribution in [-0.4, -0.2) is 65.1 Å². The minimum Gasteiger partial charge on any atom is -0.479 e. The number of hydrogen-bond acceptors (Lipinski definition) is 5. The summed E-state index contributed by atoms with van der Waals surface area (Å²) < 4.78 is 0. The van der Waals surface area contributed by atoms with Gasteiger partial charge in [-0.1, -0.05) is 41.4 Å². The van der Waals surface area contributed by atoms with Crippen LogP contribution in [0.5, 0.6) is 0 Å². The number of nitrogens with one attached hydrogen (secondary N) is 2. The van der Waals surface area contributed by atoms with E-state index in [9.17, 15) is 19.5 Å². The molecule has 5 rings (SSSR count). The Morgan fingerprint density at radius 3 is 2.21 bits per heavy atom. The molecule has 2 heterocycles. The first-order valence-electron chi connectivity index (χ1n) is 14.4. The van der Waals surface area contributed by atoms with Crippen molar-refractivity contribution in [2.24, 2.45) is 0 Å². The van der Waals surface area contributed by atoms with Crippen LogP contribution >= 0.6 is 23.2 Å². The smallest absolute Gasteiger partial charge is 0.329 e. The summed E-state index contributed by atoms with van der Waals surface area (Å²) in [5.74, 6) is -1.65. The van der Waals surface area contributed by atoms with Gasteiger partial charge < -0.3 is 20.3 Å². The summed E-state index contributed by atoms with van der Waals surface area (Å²) in [6, 6.07) is 22.9. The molecule has 224 valence electrons. The average Bonchev–Trinajstić information content (AvgIpc) is 3.00. The molecule has 0 aliphatic carbocycles. The molecule has 8 nitrogen and oxygen atoms in total. The van der Waals surface area contributed by atoms with Crippen molar-refractivity contribution in [2.45, 2.75) is 31.2 Å². The number of pyridine rings is 1. The van der Waals surface area contributed by atoms with E-state index in [-0.39, 0.29) is 18.4 Å². The number of amides is 1. The first-order valence-corrected chi connectivity index (χ1v) is 15.1. The number of aromatic nitrogens is 1. The molecule has 1 atom stereocenters. The number of fused-ring (bicyclic) bond motifs is 1. The summed E-state index contributed by atoms with van der Waals surface area (Å²) in [7, 11) is 0. The molecule has 3 aromatic carbocycles. The lowest BCUT2D eigenvalue weighted by atomic mass is 9.84. The van der Waals surface area contributed by atoms with Gasteiger partial charge >= 0.3 is 5.97 Å². The fourth-order valence-electron chi connectivity index (χ4n) is 5.71. The summed E-state index contributed by atoms with van der Waals surface area (Å²) >= 11 is 12.0. The third-order valence-electron chi connectivity index (χ3n) is 8.09. The van der Waals surface area contributed by atoms with Crippen LogP contribution in [0.15, 0.2) is 83.7 Å². The Morgan fingerprint density at radius 2 is 1.53 bits per heavy atom.